The van der Waals surface area contributed by atoms with E-state index < -0.39 is 7.60 Å². The fourth-order valence-electron chi connectivity index (χ4n) is 1.94. The molecule has 1 aliphatic heterocycles. The lowest BCUT2D eigenvalue weighted by Crippen LogP contribution is -2.36. The second-order valence-electron chi connectivity index (χ2n) is 4.59. The summed E-state index contributed by atoms with van der Waals surface area (Å²) >= 11 is 0. The second kappa shape index (κ2) is 4.93. The summed E-state index contributed by atoms with van der Waals surface area (Å²) in [7, 11) is -3.07. The van der Waals surface area contributed by atoms with Crippen LogP contribution in [-0.2, 0) is 13.6 Å². The van der Waals surface area contributed by atoms with E-state index in [9.17, 15) is 4.57 Å². The summed E-state index contributed by atoms with van der Waals surface area (Å²) in [6.45, 7) is 5.28. The Kier molecular flexibility index (Phi) is 3.72. The van der Waals surface area contributed by atoms with Crippen LogP contribution < -0.4 is 5.30 Å². The Morgan fingerprint density at radius 1 is 1.12 bits per heavy atom. The topological polar surface area (TPSA) is 35.5 Å². The van der Waals surface area contributed by atoms with Crippen LogP contribution >= 0.6 is 7.60 Å². The van der Waals surface area contributed by atoms with Gasteiger partial charge >= 0.3 is 7.60 Å². The molecule has 1 aromatic carbocycles. The second-order valence-corrected chi connectivity index (χ2v) is 6.61. The first-order chi connectivity index (χ1) is 8.14. The molecule has 0 aliphatic carbocycles. The van der Waals surface area contributed by atoms with Crippen molar-refractivity contribution >= 4 is 12.9 Å². The summed E-state index contributed by atoms with van der Waals surface area (Å²) < 4.78 is 23.7. The van der Waals surface area contributed by atoms with E-state index in [0.29, 0.717) is 18.5 Å². The fraction of sp³-hybridized carbons (Fsp3) is 0.538. The maximum atomic E-state index is 12.5. The van der Waals surface area contributed by atoms with Crippen molar-refractivity contribution in [2.24, 2.45) is 5.41 Å². The van der Waals surface area contributed by atoms with Crippen LogP contribution in [-0.4, -0.2) is 13.2 Å². The average molecular weight is 254 g/mol. The lowest BCUT2D eigenvalue weighted by atomic mass is 9.84. The van der Waals surface area contributed by atoms with Crippen LogP contribution in [0.3, 0.4) is 0 Å². The van der Waals surface area contributed by atoms with Crippen LogP contribution in [0, 0.1) is 5.41 Å². The van der Waals surface area contributed by atoms with E-state index in [2.05, 4.69) is 13.8 Å². The third-order valence-electron chi connectivity index (χ3n) is 3.65. The Morgan fingerprint density at radius 2 is 1.65 bits per heavy atom. The highest BCUT2D eigenvalue weighted by Gasteiger charge is 2.41. The molecule has 0 amide bonds. The number of benzene rings is 1. The molecule has 4 heteroatoms. The molecule has 1 aromatic rings. The third-order valence-corrected chi connectivity index (χ3v) is 5.52. The van der Waals surface area contributed by atoms with Crippen molar-refractivity contribution in [3.63, 3.8) is 0 Å². The van der Waals surface area contributed by atoms with Gasteiger partial charge in [0.15, 0.2) is 0 Å². The highest BCUT2D eigenvalue weighted by molar-refractivity contribution is 7.62. The first kappa shape index (κ1) is 12.8. The van der Waals surface area contributed by atoms with Crippen LogP contribution in [0.2, 0.25) is 0 Å². The molecule has 17 heavy (non-hydrogen) atoms. The van der Waals surface area contributed by atoms with Crippen LogP contribution in [0.1, 0.15) is 26.7 Å². The van der Waals surface area contributed by atoms with Gasteiger partial charge < -0.3 is 9.05 Å². The van der Waals surface area contributed by atoms with Gasteiger partial charge in [-0.1, -0.05) is 32.0 Å². The minimum Gasteiger partial charge on any atom is -0.305 e. The molecule has 0 radical (unpaired) electrons. The Balaban J connectivity index is 2.16. The molecule has 0 N–H and O–H groups in total. The van der Waals surface area contributed by atoms with Crippen molar-refractivity contribution in [2.45, 2.75) is 26.7 Å². The minimum atomic E-state index is -3.07. The highest BCUT2D eigenvalue weighted by Crippen LogP contribution is 2.53. The zero-order valence-corrected chi connectivity index (χ0v) is 11.3. The molecule has 94 valence electrons. The molecule has 1 saturated heterocycles. The van der Waals surface area contributed by atoms with Gasteiger partial charge in [-0.2, -0.15) is 0 Å². The molecule has 1 aliphatic rings. The van der Waals surface area contributed by atoms with E-state index in [4.69, 9.17) is 9.05 Å². The predicted molar refractivity (Wildman–Crippen MR) is 68.6 cm³/mol. The quantitative estimate of drug-likeness (QED) is 0.776. The van der Waals surface area contributed by atoms with Crippen molar-refractivity contribution in [1.82, 2.24) is 0 Å². The van der Waals surface area contributed by atoms with Gasteiger partial charge in [-0.05, 0) is 25.0 Å². The van der Waals surface area contributed by atoms with E-state index in [0.717, 1.165) is 12.8 Å². The minimum absolute atomic E-state index is 0.0304. The number of hydrogen-bond donors (Lipinski definition) is 0. The van der Waals surface area contributed by atoms with E-state index in [1.807, 2.05) is 18.2 Å². The molecule has 0 saturated carbocycles. The zero-order chi connectivity index (χ0) is 12.4. The molecule has 0 atom stereocenters. The molecule has 0 spiro atoms. The standard InChI is InChI=1S/C13H19O3P/c1-3-13(4-2)10-15-17(14,16-11-13)12-8-6-5-7-9-12/h5-9H,3-4,10-11H2,1-2H3. The van der Waals surface area contributed by atoms with Crippen LogP contribution in [0.15, 0.2) is 30.3 Å². The molecule has 2 rings (SSSR count). The highest BCUT2D eigenvalue weighted by atomic mass is 31.2. The summed E-state index contributed by atoms with van der Waals surface area (Å²) in [5.74, 6) is 0. The van der Waals surface area contributed by atoms with Gasteiger partial charge in [-0.3, -0.25) is 4.57 Å². The number of hydrogen-bond acceptors (Lipinski definition) is 3. The van der Waals surface area contributed by atoms with Crippen LogP contribution in [0.4, 0.5) is 0 Å². The summed E-state index contributed by atoms with van der Waals surface area (Å²) in [5, 5.41) is 0.654. The van der Waals surface area contributed by atoms with Gasteiger partial charge in [0, 0.05) is 5.41 Å². The van der Waals surface area contributed by atoms with Crippen LogP contribution in [0.25, 0.3) is 0 Å². The van der Waals surface area contributed by atoms with Crippen molar-refractivity contribution in [3.05, 3.63) is 30.3 Å². The molecular formula is C13H19O3P. The summed E-state index contributed by atoms with van der Waals surface area (Å²) in [6.07, 6.45) is 1.97. The monoisotopic (exact) mass is 254 g/mol. The first-order valence-electron chi connectivity index (χ1n) is 6.09. The van der Waals surface area contributed by atoms with Crippen molar-refractivity contribution < 1.29 is 13.6 Å². The largest absolute Gasteiger partial charge is 0.361 e. The molecular weight excluding hydrogens is 235 g/mol. The molecule has 1 fully saturated rings. The van der Waals surface area contributed by atoms with Gasteiger partial charge in [0.1, 0.15) is 0 Å². The predicted octanol–water partition coefficient (Wildman–Crippen LogP) is 3.36. The Labute approximate surface area is 103 Å². The normalized spacial score (nSPS) is 22.2. The van der Waals surface area contributed by atoms with Gasteiger partial charge in [-0.25, -0.2) is 0 Å². The summed E-state index contributed by atoms with van der Waals surface area (Å²) in [5.41, 5.74) is 0.0304. The van der Waals surface area contributed by atoms with Crippen molar-refractivity contribution in [1.29, 1.82) is 0 Å². The van der Waals surface area contributed by atoms with E-state index >= 15 is 0 Å². The third kappa shape index (κ3) is 2.47. The van der Waals surface area contributed by atoms with Gasteiger partial charge in [0.05, 0.1) is 18.5 Å². The molecule has 3 nitrogen and oxygen atoms in total. The smallest absolute Gasteiger partial charge is 0.305 e. The van der Waals surface area contributed by atoms with E-state index in [1.165, 1.54) is 0 Å². The maximum absolute atomic E-state index is 12.5. The van der Waals surface area contributed by atoms with Gasteiger partial charge in [-0.15, -0.1) is 0 Å². The van der Waals surface area contributed by atoms with Crippen molar-refractivity contribution in [2.75, 3.05) is 13.2 Å². The molecule has 0 bridgehead atoms. The van der Waals surface area contributed by atoms with Crippen molar-refractivity contribution in [3.8, 4) is 0 Å². The average Bonchev–Trinajstić information content (AvgIpc) is 2.41. The fourth-order valence-corrected chi connectivity index (χ4v) is 3.74. The number of rotatable bonds is 3. The van der Waals surface area contributed by atoms with Crippen LogP contribution in [0.5, 0.6) is 0 Å². The van der Waals surface area contributed by atoms with E-state index in [1.54, 1.807) is 12.1 Å². The summed E-state index contributed by atoms with van der Waals surface area (Å²) in [6, 6.07) is 9.19. The SMILES string of the molecule is CCC1(CC)COP(=O)(c2ccccc2)OC1. The lowest BCUT2D eigenvalue weighted by Gasteiger charge is -2.38. The molecule has 0 aromatic heterocycles. The lowest BCUT2D eigenvalue weighted by molar-refractivity contribution is 0.0157. The Bertz CT molecular complexity index is 398. The Hall–Kier alpha value is -0.630. The summed E-state index contributed by atoms with van der Waals surface area (Å²) in [4.78, 5) is 0. The molecule has 1 heterocycles. The van der Waals surface area contributed by atoms with E-state index in [-0.39, 0.29) is 5.41 Å². The Morgan fingerprint density at radius 3 is 2.12 bits per heavy atom. The zero-order valence-electron chi connectivity index (χ0n) is 10.4. The van der Waals surface area contributed by atoms with Gasteiger partial charge in [0.2, 0.25) is 0 Å². The first-order valence-corrected chi connectivity index (χ1v) is 7.63. The molecule has 0 unspecified atom stereocenters. The maximum Gasteiger partial charge on any atom is 0.361 e. The van der Waals surface area contributed by atoms with Gasteiger partial charge in [0.25, 0.3) is 0 Å².